The zero-order valence-corrected chi connectivity index (χ0v) is 16.0. The van der Waals surface area contributed by atoms with Gasteiger partial charge in [-0.05, 0) is 30.5 Å². The summed E-state index contributed by atoms with van der Waals surface area (Å²) in [5.41, 5.74) is 1.31. The Morgan fingerprint density at radius 2 is 1.63 bits per heavy atom. The Bertz CT molecular complexity index is 773. The molecular formula is C22H25ClN2O2. The molecule has 27 heavy (non-hydrogen) atoms. The van der Waals surface area contributed by atoms with Gasteiger partial charge in [-0.2, -0.15) is 0 Å². The second kappa shape index (κ2) is 9.56. The highest BCUT2D eigenvalue weighted by molar-refractivity contribution is 6.33. The molecule has 2 N–H and O–H groups in total. The van der Waals surface area contributed by atoms with Crippen LogP contribution in [0.2, 0.25) is 5.02 Å². The van der Waals surface area contributed by atoms with E-state index in [1.54, 1.807) is 24.3 Å². The van der Waals surface area contributed by atoms with Crippen LogP contribution >= 0.6 is 11.6 Å². The topological polar surface area (TPSA) is 58.2 Å². The zero-order chi connectivity index (χ0) is 19.1. The van der Waals surface area contributed by atoms with Crippen molar-refractivity contribution in [2.75, 3.05) is 0 Å². The molecule has 0 bridgehead atoms. The third-order valence-electron chi connectivity index (χ3n) is 4.99. The average molecular weight is 385 g/mol. The van der Waals surface area contributed by atoms with Crippen LogP contribution in [0.25, 0.3) is 0 Å². The molecule has 1 aliphatic carbocycles. The molecule has 0 radical (unpaired) electrons. The largest absolute Gasteiger partial charge is 0.353 e. The van der Waals surface area contributed by atoms with Crippen LogP contribution in [0.1, 0.15) is 60.5 Å². The van der Waals surface area contributed by atoms with Crippen molar-refractivity contribution in [1.29, 1.82) is 0 Å². The Balaban J connectivity index is 1.70. The Morgan fingerprint density at radius 1 is 0.963 bits per heavy atom. The van der Waals surface area contributed by atoms with E-state index in [2.05, 4.69) is 10.6 Å². The van der Waals surface area contributed by atoms with Gasteiger partial charge in [0.15, 0.2) is 0 Å². The number of benzene rings is 2. The molecule has 3 rings (SSSR count). The Hall–Kier alpha value is -2.33. The van der Waals surface area contributed by atoms with Crippen molar-refractivity contribution < 1.29 is 9.59 Å². The molecule has 1 aliphatic rings. The van der Waals surface area contributed by atoms with Crippen LogP contribution in [0.3, 0.4) is 0 Å². The molecule has 5 heteroatoms. The number of hydrogen-bond acceptors (Lipinski definition) is 2. The van der Waals surface area contributed by atoms with Crippen molar-refractivity contribution in [2.45, 2.75) is 50.6 Å². The molecule has 1 saturated carbocycles. The SMILES string of the molecule is O=C(C[C@H](NC(=O)c1ccccc1Cl)c1ccccc1)NC1CCCCC1. The van der Waals surface area contributed by atoms with Gasteiger partial charge >= 0.3 is 0 Å². The molecular weight excluding hydrogens is 360 g/mol. The van der Waals surface area contributed by atoms with Crippen molar-refractivity contribution >= 4 is 23.4 Å². The maximum Gasteiger partial charge on any atom is 0.253 e. The van der Waals surface area contributed by atoms with E-state index in [-0.39, 0.29) is 24.3 Å². The maximum absolute atomic E-state index is 12.7. The maximum atomic E-state index is 12.7. The predicted octanol–water partition coefficient (Wildman–Crippen LogP) is 4.65. The van der Waals surface area contributed by atoms with Crippen molar-refractivity contribution in [3.8, 4) is 0 Å². The summed E-state index contributed by atoms with van der Waals surface area (Å²) in [5.74, 6) is -0.310. The van der Waals surface area contributed by atoms with E-state index in [1.165, 1.54) is 6.42 Å². The van der Waals surface area contributed by atoms with Crippen LogP contribution in [0.15, 0.2) is 54.6 Å². The Morgan fingerprint density at radius 3 is 2.33 bits per heavy atom. The van der Waals surface area contributed by atoms with Gasteiger partial charge in [0.1, 0.15) is 0 Å². The highest BCUT2D eigenvalue weighted by Crippen LogP contribution is 2.22. The number of nitrogens with one attached hydrogen (secondary N) is 2. The number of carbonyl (C=O) groups excluding carboxylic acids is 2. The third kappa shape index (κ3) is 5.57. The lowest BCUT2D eigenvalue weighted by Crippen LogP contribution is -2.39. The molecule has 2 aromatic rings. The van der Waals surface area contributed by atoms with Crippen molar-refractivity contribution in [1.82, 2.24) is 10.6 Å². The Kier molecular flexibility index (Phi) is 6.88. The van der Waals surface area contributed by atoms with Gasteiger partial charge in [-0.15, -0.1) is 0 Å². The summed E-state index contributed by atoms with van der Waals surface area (Å²) in [5, 5.41) is 6.50. The molecule has 0 unspecified atom stereocenters. The minimum absolute atomic E-state index is 0.0322. The summed E-state index contributed by atoms with van der Waals surface area (Å²) in [6.45, 7) is 0. The van der Waals surface area contributed by atoms with E-state index in [1.807, 2.05) is 30.3 Å². The normalized spacial score (nSPS) is 15.7. The first-order valence-electron chi connectivity index (χ1n) is 9.53. The smallest absolute Gasteiger partial charge is 0.253 e. The van der Waals surface area contributed by atoms with Crippen molar-refractivity contribution in [3.63, 3.8) is 0 Å². The van der Waals surface area contributed by atoms with Gasteiger partial charge in [-0.25, -0.2) is 0 Å². The molecule has 0 heterocycles. The van der Waals surface area contributed by atoms with Gasteiger partial charge in [0.05, 0.1) is 23.0 Å². The lowest BCUT2D eigenvalue weighted by Gasteiger charge is -2.25. The minimum atomic E-state index is -0.404. The van der Waals surface area contributed by atoms with E-state index in [9.17, 15) is 9.59 Å². The summed E-state index contributed by atoms with van der Waals surface area (Å²) in [4.78, 5) is 25.3. The van der Waals surface area contributed by atoms with Gasteiger partial charge in [0, 0.05) is 6.04 Å². The van der Waals surface area contributed by atoms with Gasteiger partial charge in [0.2, 0.25) is 5.91 Å². The van der Waals surface area contributed by atoms with Crippen molar-refractivity contribution in [3.05, 3.63) is 70.7 Å². The second-order valence-corrected chi connectivity index (χ2v) is 7.43. The molecule has 4 nitrogen and oxygen atoms in total. The highest BCUT2D eigenvalue weighted by Gasteiger charge is 2.22. The molecule has 2 amide bonds. The van der Waals surface area contributed by atoms with Gasteiger partial charge in [-0.3, -0.25) is 9.59 Å². The fraction of sp³-hybridized carbons (Fsp3) is 0.364. The summed E-state index contributed by atoms with van der Waals surface area (Å²) < 4.78 is 0. The average Bonchev–Trinajstić information content (AvgIpc) is 2.69. The fourth-order valence-corrected chi connectivity index (χ4v) is 3.76. The number of amides is 2. The quantitative estimate of drug-likeness (QED) is 0.761. The van der Waals surface area contributed by atoms with Crippen LogP contribution in [-0.2, 0) is 4.79 Å². The van der Waals surface area contributed by atoms with Crippen LogP contribution in [0.5, 0.6) is 0 Å². The first kappa shape index (κ1) is 19.4. The van der Waals surface area contributed by atoms with E-state index in [0.717, 1.165) is 31.2 Å². The lowest BCUT2D eigenvalue weighted by atomic mass is 9.95. The zero-order valence-electron chi connectivity index (χ0n) is 15.3. The predicted molar refractivity (Wildman–Crippen MR) is 108 cm³/mol. The Labute approximate surface area is 165 Å². The van der Waals surface area contributed by atoms with Crippen LogP contribution in [-0.4, -0.2) is 17.9 Å². The van der Waals surface area contributed by atoms with Crippen LogP contribution in [0, 0.1) is 0 Å². The molecule has 1 fully saturated rings. The second-order valence-electron chi connectivity index (χ2n) is 7.02. The lowest BCUT2D eigenvalue weighted by molar-refractivity contribution is -0.122. The summed E-state index contributed by atoms with van der Waals surface area (Å²) >= 11 is 6.14. The van der Waals surface area contributed by atoms with E-state index >= 15 is 0 Å². The minimum Gasteiger partial charge on any atom is -0.353 e. The number of halogens is 1. The molecule has 1 atom stereocenters. The van der Waals surface area contributed by atoms with Crippen LogP contribution < -0.4 is 10.6 Å². The summed E-state index contributed by atoms with van der Waals surface area (Å²) in [6.07, 6.45) is 5.84. The van der Waals surface area contributed by atoms with E-state index in [4.69, 9.17) is 11.6 Å². The number of carbonyl (C=O) groups is 2. The highest BCUT2D eigenvalue weighted by atomic mass is 35.5. The van der Waals surface area contributed by atoms with Gasteiger partial charge < -0.3 is 10.6 Å². The molecule has 2 aromatic carbocycles. The van der Waals surface area contributed by atoms with Gasteiger partial charge in [0.25, 0.3) is 5.91 Å². The number of hydrogen-bond donors (Lipinski definition) is 2. The third-order valence-corrected chi connectivity index (χ3v) is 5.32. The summed E-state index contributed by atoms with van der Waals surface area (Å²) in [6, 6.07) is 16.3. The number of rotatable bonds is 6. The van der Waals surface area contributed by atoms with Gasteiger partial charge in [-0.1, -0.05) is 73.3 Å². The first-order valence-corrected chi connectivity index (χ1v) is 9.91. The molecule has 0 aliphatic heterocycles. The first-order chi connectivity index (χ1) is 13.1. The van der Waals surface area contributed by atoms with Crippen molar-refractivity contribution in [2.24, 2.45) is 0 Å². The standard InChI is InChI=1S/C22H25ClN2O2/c23-19-14-8-7-13-18(19)22(27)25-20(16-9-3-1-4-10-16)15-21(26)24-17-11-5-2-6-12-17/h1,3-4,7-10,13-14,17,20H,2,5-6,11-12,15H2,(H,24,26)(H,25,27)/t20-/m0/s1. The fourth-order valence-electron chi connectivity index (χ4n) is 3.54. The van der Waals surface area contributed by atoms with E-state index in [0.29, 0.717) is 10.6 Å². The molecule has 142 valence electrons. The monoisotopic (exact) mass is 384 g/mol. The van der Waals surface area contributed by atoms with Crippen LogP contribution in [0.4, 0.5) is 0 Å². The molecule has 0 saturated heterocycles. The molecule has 0 aromatic heterocycles. The summed E-state index contributed by atoms with van der Waals surface area (Å²) in [7, 11) is 0. The van der Waals surface area contributed by atoms with E-state index < -0.39 is 6.04 Å². The molecule has 0 spiro atoms.